The molecule has 0 aliphatic carbocycles. The molecule has 1 saturated heterocycles. The molecular weight excluding hydrogens is 334 g/mol. The molecule has 1 fully saturated rings. The minimum atomic E-state index is -0.400. The third-order valence-corrected chi connectivity index (χ3v) is 3.98. The van der Waals surface area contributed by atoms with Crippen molar-refractivity contribution < 1.29 is 14.3 Å². The van der Waals surface area contributed by atoms with Crippen molar-refractivity contribution in [2.24, 2.45) is 0 Å². The smallest absolute Gasteiger partial charge is 0.328 e. The van der Waals surface area contributed by atoms with Crippen molar-refractivity contribution in [3.05, 3.63) is 46.4 Å². The molecule has 0 bridgehead atoms. The second-order valence-electron chi connectivity index (χ2n) is 4.70. The van der Waals surface area contributed by atoms with Crippen LogP contribution in [0.5, 0.6) is 0 Å². The predicted molar refractivity (Wildman–Crippen MR) is 84.9 cm³/mol. The van der Waals surface area contributed by atoms with Gasteiger partial charge in [-0.1, -0.05) is 46.3 Å². The second kappa shape index (κ2) is 7.22. The Morgan fingerprint density at radius 1 is 1.24 bits per heavy atom. The molecule has 0 saturated carbocycles. The lowest BCUT2D eigenvalue weighted by atomic mass is 10.1. The fourth-order valence-corrected chi connectivity index (χ4v) is 2.62. The first-order chi connectivity index (χ1) is 10.1. The van der Waals surface area contributed by atoms with Crippen LogP contribution in [0, 0.1) is 6.92 Å². The van der Waals surface area contributed by atoms with Crippen molar-refractivity contribution in [1.82, 2.24) is 5.32 Å². The number of carbonyl (C=O) groups excluding carboxylic acids is 2. The molecule has 4 nitrogen and oxygen atoms in total. The number of amides is 1. The van der Waals surface area contributed by atoms with E-state index in [0.717, 1.165) is 0 Å². The molecule has 0 radical (unpaired) electrons. The summed E-state index contributed by atoms with van der Waals surface area (Å²) in [6.07, 6.45) is 1.11. The Labute approximate surface area is 131 Å². The van der Waals surface area contributed by atoms with Crippen LogP contribution in [0.4, 0.5) is 0 Å². The van der Waals surface area contributed by atoms with Crippen LogP contribution < -0.4 is 5.32 Å². The zero-order valence-electron chi connectivity index (χ0n) is 11.6. The maximum absolute atomic E-state index is 10.5. The van der Waals surface area contributed by atoms with E-state index in [2.05, 4.69) is 69.3 Å². The van der Waals surface area contributed by atoms with Gasteiger partial charge in [0, 0.05) is 10.9 Å². The van der Waals surface area contributed by atoms with Gasteiger partial charge in [0.15, 0.2) is 0 Å². The minimum Gasteiger partial charge on any atom is -0.464 e. The predicted octanol–water partition coefficient (Wildman–Crippen LogP) is 2.96. The summed E-state index contributed by atoms with van der Waals surface area (Å²) in [5.74, 6) is -0.331. The molecule has 1 aliphatic heterocycles. The summed E-state index contributed by atoms with van der Waals surface area (Å²) < 4.78 is 5.73. The highest BCUT2D eigenvalue weighted by molar-refractivity contribution is 9.10. The first kappa shape index (κ1) is 15.5. The first-order valence-corrected chi connectivity index (χ1v) is 7.43. The van der Waals surface area contributed by atoms with Crippen LogP contribution in [0.15, 0.2) is 40.9 Å². The quantitative estimate of drug-likeness (QED) is 0.669. The summed E-state index contributed by atoms with van der Waals surface area (Å²) in [7, 11) is 0. The molecule has 0 unspecified atom stereocenters. The fraction of sp³-hybridized carbons (Fsp3) is 0.250. The lowest BCUT2D eigenvalue weighted by molar-refractivity contribution is -0.140. The van der Waals surface area contributed by atoms with Crippen molar-refractivity contribution >= 4 is 39.1 Å². The van der Waals surface area contributed by atoms with E-state index >= 15 is 0 Å². The molecule has 1 atom stereocenters. The topological polar surface area (TPSA) is 55.4 Å². The largest absolute Gasteiger partial charge is 0.464 e. The summed E-state index contributed by atoms with van der Waals surface area (Å²) in [5, 5.41) is 4.95. The lowest BCUT2D eigenvalue weighted by Gasteiger charge is -2.02. The van der Waals surface area contributed by atoms with Gasteiger partial charge in [-0.2, -0.15) is 0 Å². The highest BCUT2D eigenvalue weighted by Crippen LogP contribution is 2.25. The van der Waals surface area contributed by atoms with Crippen molar-refractivity contribution in [3.8, 4) is 0 Å². The highest BCUT2D eigenvalue weighted by Gasteiger charge is 2.25. The number of cyclic esters (lactones) is 1. The van der Waals surface area contributed by atoms with Crippen LogP contribution in [0.3, 0.4) is 0 Å². The summed E-state index contributed by atoms with van der Waals surface area (Å²) >= 11 is 3.53. The minimum absolute atomic E-state index is 0.331. The van der Waals surface area contributed by atoms with Crippen molar-refractivity contribution in [2.45, 2.75) is 19.4 Å². The Morgan fingerprint density at radius 2 is 1.95 bits per heavy atom. The zero-order valence-corrected chi connectivity index (χ0v) is 13.2. The van der Waals surface area contributed by atoms with E-state index in [0.29, 0.717) is 19.4 Å². The molecule has 3 rings (SSSR count). The SMILES string of the molecule is Cc1ccc(Br)c2ccccc12.O=CN[C@H]1CCOC1=O. The van der Waals surface area contributed by atoms with Gasteiger partial charge in [0.05, 0.1) is 6.61 Å². The van der Waals surface area contributed by atoms with Crippen LogP contribution >= 0.6 is 15.9 Å². The third kappa shape index (κ3) is 3.82. The first-order valence-electron chi connectivity index (χ1n) is 6.63. The highest BCUT2D eigenvalue weighted by atomic mass is 79.9. The number of aryl methyl sites for hydroxylation is 1. The van der Waals surface area contributed by atoms with Crippen LogP contribution in [-0.2, 0) is 14.3 Å². The number of ether oxygens (including phenoxy) is 1. The van der Waals surface area contributed by atoms with E-state index in [-0.39, 0.29) is 5.97 Å². The Balaban J connectivity index is 0.000000161. The van der Waals surface area contributed by atoms with Gasteiger partial charge in [0.25, 0.3) is 0 Å². The normalized spacial score (nSPS) is 16.9. The van der Waals surface area contributed by atoms with Gasteiger partial charge >= 0.3 is 5.97 Å². The second-order valence-corrected chi connectivity index (χ2v) is 5.56. The molecule has 0 spiro atoms. The molecule has 21 heavy (non-hydrogen) atoms. The summed E-state index contributed by atoms with van der Waals surface area (Å²) in [4.78, 5) is 20.3. The summed E-state index contributed by atoms with van der Waals surface area (Å²) in [5.41, 5.74) is 1.33. The number of esters is 1. The lowest BCUT2D eigenvalue weighted by Crippen LogP contribution is -2.31. The van der Waals surface area contributed by atoms with E-state index in [1.54, 1.807) is 0 Å². The summed E-state index contributed by atoms with van der Waals surface area (Å²) in [6, 6.07) is 12.2. The number of halogens is 1. The van der Waals surface area contributed by atoms with Gasteiger partial charge in [0.1, 0.15) is 6.04 Å². The molecular formula is C16H16BrNO3. The monoisotopic (exact) mass is 349 g/mol. The molecule has 110 valence electrons. The molecule has 2 aromatic carbocycles. The summed E-state index contributed by atoms with van der Waals surface area (Å²) in [6.45, 7) is 2.55. The third-order valence-electron chi connectivity index (χ3n) is 3.29. The van der Waals surface area contributed by atoms with Gasteiger partial charge < -0.3 is 10.1 Å². The van der Waals surface area contributed by atoms with Crippen molar-refractivity contribution in [3.63, 3.8) is 0 Å². The molecule has 1 aliphatic rings. The molecule has 0 aromatic heterocycles. The zero-order chi connectivity index (χ0) is 15.2. The number of fused-ring (bicyclic) bond motifs is 1. The standard InChI is InChI=1S/C11H9Br.C5H7NO3/c1-8-6-7-11(12)10-5-3-2-4-9(8)10;7-3-6-4-1-2-9-5(4)8/h2-7H,1H3;3-4H,1-2H2,(H,6,7)/t;4-/m.0/s1. The Hall–Kier alpha value is -1.88. The van der Waals surface area contributed by atoms with E-state index in [4.69, 9.17) is 0 Å². The number of hydrogen-bond donors (Lipinski definition) is 1. The number of hydrogen-bond acceptors (Lipinski definition) is 3. The van der Waals surface area contributed by atoms with Gasteiger partial charge in [-0.15, -0.1) is 0 Å². The van der Waals surface area contributed by atoms with Crippen LogP contribution in [-0.4, -0.2) is 25.0 Å². The number of nitrogens with one attached hydrogen (secondary N) is 1. The molecule has 5 heteroatoms. The number of rotatable bonds is 2. The maximum Gasteiger partial charge on any atom is 0.328 e. The average molecular weight is 350 g/mol. The Kier molecular flexibility index (Phi) is 5.33. The van der Waals surface area contributed by atoms with E-state index in [9.17, 15) is 9.59 Å². The fourth-order valence-electron chi connectivity index (χ4n) is 2.14. The Morgan fingerprint density at radius 3 is 2.52 bits per heavy atom. The van der Waals surface area contributed by atoms with Gasteiger partial charge in [-0.25, -0.2) is 4.79 Å². The average Bonchev–Trinajstić information content (AvgIpc) is 2.90. The molecule has 2 aromatic rings. The van der Waals surface area contributed by atoms with Crippen LogP contribution in [0.1, 0.15) is 12.0 Å². The number of carbonyl (C=O) groups is 2. The van der Waals surface area contributed by atoms with Gasteiger partial charge in [0.2, 0.25) is 6.41 Å². The van der Waals surface area contributed by atoms with Crippen molar-refractivity contribution in [2.75, 3.05) is 6.61 Å². The Bertz CT molecular complexity index is 617. The van der Waals surface area contributed by atoms with E-state index in [1.807, 2.05) is 0 Å². The maximum atomic E-state index is 10.5. The molecule has 1 N–H and O–H groups in total. The van der Waals surface area contributed by atoms with Gasteiger partial charge in [-0.3, -0.25) is 4.79 Å². The van der Waals surface area contributed by atoms with E-state index < -0.39 is 6.04 Å². The van der Waals surface area contributed by atoms with Crippen molar-refractivity contribution in [1.29, 1.82) is 0 Å². The van der Waals surface area contributed by atoms with E-state index in [1.165, 1.54) is 20.8 Å². The number of benzene rings is 2. The van der Waals surface area contributed by atoms with Gasteiger partial charge in [-0.05, 0) is 29.3 Å². The van der Waals surface area contributed by atoms with Crippen LogP contribution in [0.2, 0.25) is 0 Å². The van der Waals surface area contributed by atoms with Crippen LogP contribution in [0.25, 0.3) is 10.8 Å². The molecule has 1 amide bonds. The molecule has 1 heterocycles.